The van der Waals surface area contributed by atoms with Crippen molar-refractivity contribution in [2.24, 2.45) is 11.7 Å². The Hall–Kier alpha value is -3.69. The van der Waals surface area contributed by atoms with E-state index >= 15 is 0 Å². The molecule has 184 valence electrons. The summed E-state index contributed by atoms with van der Waals surface area (Å²) in [6, 6.07) is 23.0. The molecule has 2 unspecified atom stereocenters. The average Bonchev–Trinajstić information content (AvgIpc) is 2.88. The molecule has 0 aliphatic rings. The van der Waals surface area contributed by atoms with Crippen LogP contribution in [0.15, 0.2) is 89.8 Å². The highest BCUT2D eigenvalue weighted by atomic mass is 32.2. The minimum Gasteiger partial charge on any atom is -0.469 e. The van der Waals surface area contributed by atoms with E-state index in [0.29, 0.717) is 5.56 Å². The first kappa shape index (κ1) is 25.9. The van der Waals surface area contributed by atoms with Gasteiger partial charge in [-0.2, -0.15) is 8.42 Å². The summed E-state index contributed by atoms with van der Waals surface area (Å²) in [5, 5.41) is 0. The van der Waals surface area contributed by atoms with E-state index in [0.717, 1.165) is 5.56 Å². The zero-order chi connectivity index (χ0) is 25.3. The number of ether oxygens (including phenoxy) is 2. The number of benzene rings is 3. The first-order chi connectivity index (χ1) is 16.8. The van der Waals surface area contributed by atoms with Crippen molar-refractivity contribution in [3.63, 3.8) is 0 Å². The second kappa shape index (κ2) is 12.1. The van der Waals surface area contributed by atoms with Gasteiger partial charge < -0.3 is 19.4 Å². The van der Waals surface area contributed by atoms with Crippen LogP contribution in [0.1, 0.15) is 23.5 Å². The monoisotopic (exact) mass is 497 g/mol. The van der Waals surface area contributed by atoms with Gasteiger partial charge in [-0.25, -0.2) is 0 Å². The van der Waals surface area contributed by atoms with Crippen LogP contribution in [0.2, 0.25) is 0 Å². The molecule has 2 N–H and O–H groups in total. The third-order valence-corrected chi connectivity index (χ3v) is 6.65. The molecule has 0 fully saturated rings. The van der Waals surface area contributed by atoms with E-state index in [1.165, 1.54) is 31.4 Å². The quantitative estimate of drug-likeness (QED) is 0.316. The molecule has 0 amide bonds. The minimum atomic E-state index is -4.02. The highest BCUT2D eigenvalue weighted by Crippen LogP contribution is 2.31. The smallest absolute Gasteiger partial charge is 0.339 e. The highest BCUT2D eigenvalue weighted by molar-refractivity contribution is 7.87. The minimum absolute atomic E-state index is 0.0210. The Bertz CT molecular complexity index is 1210. The Kier molecular flexibility index (Phi) is 8.99. The zero-order valence-corrected chi connectivity index (χ0v) is 20.0. The molecule has 0 radical (unpaired) electrons. The van der Waals surface area contributed by atoms with Gasteiger partial charge in [-0.05, 0) is 47.9 Å². The standard InChI is InChI=1S/C26H27NO7S/c1-32-24(28)16-21(17-27)25(26(29)33-18-19-8-4-2-5-9-19)20-12-14-22(15-13-20)34-35(30,31)23-10-6-3-7-11-23/h2-15,21,25H,16-18,27H2,1H3. The van der Waals surface area contributed by atoms with Gasteiger partial charge in [0.15, 0.2) is 0 Å². The van der Waals surface area contributed by atoms with Gasteiger partial charge in [-0.1, -0.05) is 60.7 Å². The van der Waals surface area contributed by atoms with Crippen LogP contribution in [0.3, 0.4) is 0 Å². The summed E-state index contributed by atoms with van der Waals surface area (Å²) in [6.45, 7) is 0.0864. The first-order valence-electron chi connectivity index (χ1n) is 10.9. The third-order valence-electron chi connectivity index (χ3n) is 5.39. The van der Waals surface area contributed by atoms with Crippen LogP contribution in [0, 0.1) is 5.92 Å². The first-order valence-corrected chi connectivity index (χ1v) is 12.3. The van der Waals surface area contributed by atoms with E-state index in [2.05, 4.69) is 0 Å². The molecule has 9 heteroatoms. The molecule has 0 heterocycles. The Morgan fingerprint density at radius 3 is 2.06 bits per heavy atom. The van der Waals surface area contributed by atoms with Gasteiger partial charge in [0, 0.05) is 0 Å². The van der Waals surface area contributed by atoms with Crippen LogP contribution in [-0.2, 0) is 35.8 Å². The molecule has 0 saturated carbocycles. The lowest BCUT2D eigenvalue weighted by molar-refractivity contribution is -0.149. The van der Waals surface area contributed by atoms with Crippen LogP contribution in [0.5, 0.6) is 5.75 Å². The number of hydrogen-bond donors (Lipinski definition) is 1. The maximum Gasteiger partial charge on any atom is 0.339 e. The topological polar surface area (TPSA) is 122 Å². The lowest BCUT2D eigenvalue weighted by Gasteiger charge is -2.24. The van der Waals surface area contributed by atoms with Gasteiger partial charge in [0.2, 0.25) is 0 Å². The van der Waals surface area contributed by atoms with Gasteiger partial charge in [0.1, 0.15) is 17.3 Å². The van der Waals surface area contributed by atoms with Gasteiger partial charge in [0.25, 0.3) is 0 Å². The van der Waals surface area contributed by atoms with E-state index in [9.17, 15) is 18.0 Å². The fraction of sp³-hybridized carbons (Fsp3) is 0.231. The number of nitrogens with two attached hydrogens (primary N) is 1. The van der Waals surface area contributed by atoms with E-state index < -0.39 is 33.9 Å². The van der Waals surface area contributed by atoms with Crippen LogP contribution in [-0.4, -0.2) is 34.0 Å². The zero-order valence-electron chi connectivity index (χ0n) is 19.2. The summed E-state index contributed by atoms with van der Waals surface area (Å²) >= 11 is 0. The van der Waals surface area contributed by atoms with Crippen LogP contribution < -0.4 is 9.92 Å². The van der Waals surface area contributed by atoms with Gasteiger partial charge in [-0.3, -0.25) is 9.59 Å². The van der Waals surface area contributed by atoms with E-state index in [4.69, 9.17) is 19.4 Å². The molecule has 0 bridgehead atoms. The number of hydrogen-bond acceptors (Lipinski definition) is 8. The second-order valence-electron chi connectivity index (χ2n) is 7.77. The van der Waals surface area contributed by atoms with Crippen molar-refractivity contribution < 1.29 is 31.7 Å². The van der Waals surface area contributed by atoms with Crippen LogP contribution >= 0.6 is 0 Å². The van der Waals surface area contributed by atoms with Crippen LogP contribution in [0.4, 0.5) is 0 Å². The molecule has 2 atom stereocenters. The van der Waals surface area contributed by atoms with Gasteiger partial charge >= 0.3 is 22.1 Å². The molecule has 3 aromatic carbocycles. The third kappa shape index (κ3) is 7.14. The van der Waals surface area contributed by atoms with Crippen molar-refractivity contribution in [3.05, 3.63) is 96.1 Å². The largest absolute Gasteiger partial charge is 0.469 e. The summed E-state index contributed by atoms with van der Waals surface area (Å²) in [7, 11) is -2.75. The maximum absolute atomic E-state index is 13.1. The number of rotatable bonds is 11. The molecule has 0 aliphatic heterocycles. The Balaban J connectivity index is 1.83. The number of carbonyl (C=O) groups excluding carboxylic acids is 2. The second-order valence-corrected chi connectivity index (χ2v) is 9.31. The summed E-state index contributed by atoms with van der Waals surface area (Å²) in [5.74, 6) is -2.45. The number of methoxy groups -OCH3 is 1. The molecule has 0 spiro atoms. The molecule has 8 nitrogen and oxygen atoms in total. The maximum atomic E-state index is 13.1. The molecular formula is C26H27NO7S. The van der Waals surface area contributed by atoms with Gasteiger partial charge in [-0.15, -0.1) is 0 Å². The molecule has 0 aromatic heterocycles. The van der Waals surface area contributed by atoms with Crippen molar-refractivity contribution in [2.75, 3.05) is 13.7 Å². The number of esters is 2. The Morgan fingerprint density at radius 2 is 1.49 bits per heavy atom. The highest BCUT2D eigenvalue weighted by Gasteiger charge is 2.32. The van der Waals surface area contributed by atoms with Crippen molar-refractivity contribution in [2.45, 2.75) is 23.8 Å². The van der Waals surface area contributed by atoms with Crippen molar-refractivity contribution in [1.29, 1.82) is 0 Å². The van der Waals surface area contributed by atoms with E-state index in [1.54, 1.807) is 30.3 Å². The van der Waals surface area contributed by atoms with Crippen molar-refractivity contribution in [1.82, 2.24) is 0 Å². The predicted octanol–water partition coefficient (Wildman–Crippen LogP) is 3.42. The summed E-state index contributed by atoms with van der Waals surface area (Å²) in [6.07, 6.45) is -0.0846. The van der Waals surface area contributed by atoms with E-state index in [1.807, 2.05) is 30.3 Å². The molecule has 3 rings (SSSR count). The molecular weight excluding hydrogens is 470 g/mol. The summed E-state index contributed by atoms with van der Waals surface area (Å²) in [4.78, 5) is 25.1. The molecule has 35 heavy (non-hydrogen) atoms. The van der Waals surface area contributed by atoms with Crippen molar-refractivity contribution in [3.8, 4) is 5.75 Å². The lowest BCUT2D eigenvalue weighted by Crippen LogP contribution is -2.31. The van der Waals surface area contributed by atoms with Crippen molar-refractivity contribution >= 4 is 22.1 Å². The summed E-state index contributed by atoms with van der Waals surface area (Å²) in [5.41, 5.74) is 7.24. The molecule has 0 saturated heterocycles. The van der Waals surface area contributed by atoms with Crippen LogP contribution in [0.25, 0.3) is 0 Å². The molecule has 0 aliphatic carbocycles. The Morgan fingerprint density at radius 1 is 0.886 bits per heavy atom. The average molecular weight is 498 g/mol. The van der Waals surface area contributed by atoms with Gasteiger partial charge in [0.05, 0.1) is 19.4 Å². The fourth-order valence-electron chi connectivity index (χ4n) is 3.55. The van der Waals surface area contributed by atoms with E-state index in [-0.39, 0.29) is 30.2 Å². The predicted molar refractivity (Wildman–Crippen MR) is 129 cm³/mol. The molecule has 3 aromatic rings. The lowest BCUT2D eigenvalue weighted by atomic mass is 9.83. The SMILES string of the molecule is COC(=O)CC(CN)C(C(=O)OCc1ccccc1)c1ccc(OS(=O)(=O)c2ccccc2)cc1. The summed E-state index contributed by atoms with van der Waals surface area (Å²) < 4.78 is 40.5. The fourth-order valence-corrected chi connectivity index (χ4v) is 4.50. The Labute approximate surface area is 204 Å². The normalized spacial score (nSPS) is 12.9. The number of carbonyl (C=O) groups is 2.